The summed E-state index contributed by atoms with van der Waals surface area (Å²) in [5, 5.41) is 6.64. The molecule has 2 N–H and O–H groups in total. The number of anilines is 2. The van der Waals surface area contributed by atoms with E-state index in [1.165, 1.54) is 0 Å². The van der Waals surface area contributed by atoms with Gasteiger partial charge in [0.1, 0.15) is 5.82 Å². The van der Waals surface area contributed by atoms with E-state index >= 15 is 0 Å². The van der Waals surface area contributed by atoms with Crippen molar-refractivity contribution in [2.24, 2.45) is 0 Å². The van der Waals surface area contributed by atoms with Crippen LogP contribution in [-0.4, -0.2) is 26.5 Å². The Morgan fingerprint density at radius 1 is 1.05 bits per heavy atom. The van der Waals surface area contributed by atoms with Gasteiger partial charge in [-0.25, -0.2) is 4.98 Å². The third-order valence-electron chi connectivity index (χ3n) is 2.58. The average Bonchev–Trinajstić information content (AvgIpc) is 2.36. The van der Waals surface area contributed by atoms with Crippen molar-refractivity contribution in [3.8, 4) is 11.4 Å². The molecule has 5 heteroatoms. The second kappa shape index (κ2) is 6.08. The van der Waals surface area contributed by atoms with Crippen LogP contribution in [0.5, 0.6) is 0 Å². The summed E-state index contributed by atoms with van der Waals surface area (Å²) in [4.78, 5) is 13.5. The monoisotopic (exact) mass is 285 g/mol. The number of pyridine rings is 1. The molecule has 0 bridgehead atoms. The topological polar surface area (TPSA) is 62.7 Å². The fourth-order valence-electron chi connectivity index (χ4n) is 1.85. The van der Waals surface area contributed by atoms with E-state index in [0.29, 0.717) is 12.0 Å². The lowest BCUT2D eigenvalue weighted by molar-refractivity contribution is 0.626. The summed E-state index contributed by atoms with van der Waals surface area (Å²) in [6.07, 6.45) is 1.77. The van der Waals surface area contributed by atoms with Gasteiger partial charge in [-0.15, -0.1) is 0 Å². The summed E-state index contributed by atoms with van der Waals surface area (Å²) in [7, 11) is 0. The minimum Gasteiger partial charge on any atom is -0.368 e. The molecule has 0 amide bonds. The highest BCUT2D eigenvalue weighted by Gasteiger charge is 2.14. The minimum absolute atomic E-state index is 0.0994. The lowest BCUT2D eigenvalue weighted by Crippen LogP contribution is -2.27. The van der Waals surface area contributed by atoms with Gasteiger partial charge in [-0.1, -0.05) is 6.07 Å². The van der Waals surface area contributed by atoms with Crippen LogP contribution in [-0.2, 0) is 0 Å². The SMILES string of the molecule is CC(C)Nc1cc(-c2ccccn2)nc(NC(C)(C)C)n1. The van der Waals surface area contributed by atoms with Gasteiger partial charge in [0, 0.05) is 23.8 Å². The second-order valence-electron chi connectivity index (χ2n) is 6.35. The second-order valence-corrected chi connectivity index (χ2v) is 6.35. The van der Waals surface area contributed by atoms with E-state index < -0.39 is 0 Å². The van der Waals surface area contributed by atoms with Gasteiger partial charge in [-0.3, -0.25) is 4.98 Å². The molecule has 0 atom stereocenters. The smallest absolute Gasteiger partial charge is 0.225 e. The van der Waals surface area contributed by atoms with Crippen LogP contribution in [0.15, 0.2) is 30.5 Å². The Kier molecular flexibility index (Phi) is 4.40. The fraction of sp³-hybridized carbons (Fsp3) is 0.438. The van der Waals surface area contributed by atoms with Crippen molar-refractivity contribution in [3.63, 3.8) is 0 Å². The zero-order valence-corrected chi connectivity index (χ0v) is 13.3. The van der Waals surface area contributed by atoms with Crippen LogP contribution in [0.4, 0.5) is 11.8 Å². The van der Waals surface area contributed by atoms with Crippen LogP contribution >= 0.6 is 0 Å². The van der Waals surface area contributed by atoms with Crippen LogP contribution in [0.2, 0.25) is 0 Å². The van der Waals surface area contributed by atoms with Crippen molar-refractivity contribution in [1.29, 1.82) is 0 Å². The Labute approximate surface area is 126 Å². The highest BCUT2D eigenvalue weighted by atomic mass is 15.2. The molecule has 0 spiro atoms. The predicted octanol–water partition coefficient (Wildman–Crippen LogP) is 3.57. The Morgan fingerprint density at radius 3 is 2.38 bits per heavy atom. The van der Waals surface area contributed by atoms with Gasteiger partial charge in [0.2, 0.25) is 5.95 Å². The lowest BCUT2D eigenvalue weighted by atomic mass is 10.1. The molecule has 0 aliphatic heterocycles. The molecule has 0 unspecified atom stereocenters. The summed E-state index contributed by atoms with van der Waals surface area (Å²) in [6, 6.07) is 8.03. The van der Waals surface area contributed by atoms with Gasteiger partial charge < -0.3 is 10.6 Å². The molecule has 0 aliphatic carbocycles. The molecule has 2 rings (SSSR count). The molecule has 2 aromatic rings. The fourth-order valence-corrected chi connectivity index (χ4v) is 1.85. The minimum atomic E-state index is -0.0994. The third kappa shape index (κ3) is 4.70. The zero-order valence-electron chi connectivity index (χ0n) is 13.3. The maximum Gasteiger partial charge on any atom is 0.225 e. The summed E-state index contributed by atoms with van der Waals surface area (Å²) in [5.74, 6) is 1.40. The van der Waals surface area contributed by atoms with Gasteiger partial charge in [-0.05, 0) is 46.8 Å². The first-order valence-electron chi connectivity index (χ1n) is 7.19. The van der Waals surface area contributed by atoms with E-state index in [0.717, 1.165) is 17.2 Å². The van der Waals surface area contributed by atoms with Gasteiger partial charge in [0.15, 0.2) is 0 Å². The number of rotatable bonds is 4. The summed E-state index contributed by atoms with van der Waals surface area (Å²) in [5.41, 5.74) is 1.54. The maximum atomic E-state index is 4.57. The quantitative estimate of drug-likeness (QED) is 0.899. The summed E-state index contributed by atoms with van der Waals surface area (Å²) < 4.78 is 0. The molecule has 21 heavy (non-hydrogen) atoms. The van der Waals surface area contributed by atoms with E-state index in [-0.39, 0.29) is 5.54 Å². The van der Waals surface area contributed by atoms with Crippen molar-refractivity contribution < 1.29 is 0 Å². The van der Waals surface area contributed by atoms with E-state index in [2.05, 4.69) is 60.2 Å². The molecule has 2 heterocycles. The standard InChI is InChI=1S/C16H23N5/c1-11(2)18-14-10-13(12-8-6-7-9-17-12)19-15(20-14)21-16(3,4)5/h6-11H,1-5H3,(H2,18,19,20,21). The van der Waals surface area contributed by atoms with E-state index in [1.807, 2.05) is 24.3 Å². The van der Waals surface area contributed by atoms with Gasteiger partial charge in [0.25, 0.3) is 0 Å². The van der Waals surface area contributed by atoms with Crippen molar-refractivity contribution in [2.45, 2.75) is 46.2 Å². The van der Waals surface area contributed by atoms with Crippen LogP contribution in [0, 0.1) is 0 Å². The molecule has 0 radical (unpaired) electrons. The van der Waals surface area contributed by atoms with Crippen LogP contribution in [0.3, 0.4) is 0 Å². The van der Waals surface area contributed by atoms with Crippen LogP contribution < -0.4 is 10.6 Å². The number of nitrogens with zero attached hydrogens (tertiary/aromatic N) is 3. The Morgan fingerprint density at radius 2 is 1.81 bits per heavy atom. The highest BCUT2D eigenvalue weighted by molar-refractivity contribution is 5.61. The Hall–Kier alpha value is -2.17. The molecule has 0 aliphatic rings. The van der Waals surface area contributed by atoms with Gasteiger partial charge in [-0.2, -0.15) is 4.98 Å². The molecule has 0 aromatic carbocycles. The number of aromatic nitrogens is 3. The van der Waals surface area contributed by atoms with E-state index in [4.69, 9.17) is 0 Å². The van der Waals surface area contributed by atoms with E-state index in [1.54, 1.807) is 6.20 Å². The normalized spacial score (nSPS) is 11.5. The zero-order chi connectivity index (χ0) is 15.5. The summed E-state index contributed by atoms with van der Waals surface area (Å²) in [6.45, 7) is 10.4. The molecule has 112 valence electrons. The molecular formula is C16H23N5. The van der Waals surface area contributed by atoms with Crippen molar-refractivity contribution in [3.05, 3.63) is 30.5 Å². The number of nitrogens with one attached hydrogen (secondary N) is 2. The molecule has 5 nitrogen and oxygen atoms in total. The van der Waals surface area contributed by atoms with Crippen LogP contribution in [0.25, 0.3) is 11.4 Å². The summed E-state index contributed by atoms with van der Waals surface area (Å²) >= 11 is 0. The van der Waals surface area contributed by atoms with Crippen LogP contribution in [0.1, 0.15) is 34.6 Å². The van der Waals surface area contributed by atoms with Crippen molar-refractivity contribution >= 4 is 11.8 Å². The lowest BCUT2D eigenvalue weighted by Gasteiger charge is -2.21. The molecule has 0 saturated heterocycles. The molecule has 0 saturated carbocycles. The first-order chi connectivity index (χ1) is 9.83. The molecular weight excluding hydrogens is 262 g/mol. The predicted molar refractivity (Wildman–Crippen MR) is 87.4 cm³/mol. The Bertz CT molecular complexity index is 587. The number of hydrogen-bond acceptors (Lipinski definition) is 5. The first kappa shape index (κ1) is 15.2. The largest absolute Gasteiger partial charge is 0.368 e. The van der Waals surface area contributed by atoms with Gasteiger partial charge in [0.05, 0.1) is 11.4 Å². The third-order valence-corrected chi connectivity index (χ3v) is 2.58. The van der Waals surface area contributed by atoms with Crippen molar-refractivity contribution in [2.75, 3.05) is 10.6 Å². The maximum absolute atomic E-state index is 4.57. The van der Waals surface area contributed by atoms with Gasteiger partial charge >= 0.3 is 0 Å². The van der Waals surface area contributed by atoms with Crippen molar-refractivity contribution in [1.82, 2.24) is 15.0 Å². The molecule has 2 aromatic heterocycles. The van der Waals surface area contributed by atoms with E-state index in [9.17, 15) is 0 Å². The molecule has 0 fully saturated rings. The Balaban J connectivity index is 2.42. The average molecular weight is 285 g/mol. The number of hydrogen-bond donors (Lipinski definition) is 2. The highest BCUT2D eigenvalue weighted by Crippen LogP contribution is 2.21. The first-order valence-corrected chi connectivity index (χ1v) is 7.19.